The minimum absolute atomic E-state index is 0.0320. The molecule has 82 valence electrons. The van der Waals surface area contributed by atoms with Crippen LogP contribution in [0.2, 0.25) is 0 Å². The molecule has 0 radical (unpaired) electrons. The summed E-state index contributed by atoms with van der Waals surface area (Å²) < 4.78 is 5.19. The highest BCUT2D eigenvalue weighted by molar-refractivity contribution is 5.98. The highest BCUT2D eigenvalue weighted by atomic mass is 16.6. The Balaban J connectivity index is 2.18. The zero-order valence-electron chi connectivity index (χ0n) is 8.66. The summed E-state index contributed by atoms with van der Waals surface area (Å²) in [7, 11) is 0. The van der Waals surface area contributed by atoms with E-state index in [1.54, 1.807) is 6.92 Å². The number of ketones is 1. The number of aliphatic hydroxyl groups is 1. The van der Waals surface area contributed by atoms with E-state index in [0.717, 1.165) is 6.42 Å². The summed E-state index contributed by atoms with van der Waals surface area (Å²) in [5.74, 6) is -0.915. The molecule has 0 amide bonds. The Bertz CT molecular complexity index is 346. The molecule has 1 N–H and O–H groups in total. The SMILES string of the molecule is C=C(C)C(=O)OC12CCC(C1)C(O)C2=O. The van der Waals surface area contributed by atoms with E-state index in [-0.39, 0.29) is 17.3 Å². The third kappa shape index (κ3) is 1.40. The van der Waals surface area contributed by atoms with Gasteiger partial charge in [-0.3, -0.25) is 4.79 Å². The fraction of sp³-hybridized carbons (Fsp3) is 0.636. The molecule has 0 heterocycles. The van der Waals surface area contributed by atoms with Gasteiger partial charge in [-0.2, -0.15) is 0 Å². The fourth-order valence-electron chi connectivity index (χ4n) is 2.43. The Morgan fingerprint density at radius 2 is 2.33 bits per heavy atom. The van der Waals surface area contributed by atoms with Crippen LogP contribution in [0.5, 0.6) is 0 Å². The topological polar surface area (TPSA) is 63.6 Å². The molecule has 2 aliphatic carbocycles. The van der Waals surface area contributed by atoms with Crippen LogP contribution < -0.4 is 0 Å². The lowest BCUT2D eigenvalue weighted by molar-refractivity contribution is -0.164. The van der Waals surface area contributed by atoms with Crippen LogP contribution in [0.15, 0.2) is 12.2 Å². The summed E-state index contributed by atoms with van der Waals surface area (Å²) in [6.07, 6.45) is 0.797. The van der Waals surface area contributed by atoms with Gasteiger partial charge in [-0.25, -0.2) is 4.79 Å². The second-order valence-electron chi connectivity index (χ2n) is 4.48. The molecule has 0 aromatic carbocycles. The molecule has 2 fully saturated rings. The Labute approximate surface area is 87.9 Å². The molecule has 2 aliphatic rings. The molecule has 4 nitrogen and oxygen atoms in total. The minimum Gasteiger partial charge on any atom is -0.448 e. The summed E-state index contributed by atoms with van der Waals surface area (Å²) in [4.78, 5) is 23.1. The van der Waals surface area contributed by atoms with Crippen molar-refractivity contribution in [1.82, 2.24) is 0 Å². The molecule has 4 heteroatoms. The number of carbonyl (C=O) groups is 2. The summed E-state index contributed by atoms with van der Waals surface area (Å²) in [5, 5.41) is 9.54. The van der Waals surface area contributed by atoms with Gasteiger partial charge in [0.05, 0.1) is 0 Å². The number of aliphatic hydroxyl groups excluding tert-OH is 1. The van der Waals surface area contributed by atoms with Gasteiger partial charge < -0.3 is 9.84 Å². The largest absolute Gasteiger partial charge is 0.448 e. The summed E-state index contributed by atoms with van der Waals surface area (Å²) >= 11 is 0. The van der Waals surface area contributed by atoms with Crippen molar-refractivity contribution in [3.8, 4) is 0 Å². The number of rotatable bonds is 2. The van der Waals surface area contributed by atoms with E-state index >= 15 is 0 Å². The van der Waals surface area contributed by atoms with Crippen molar-refractivity contribution in [3.05, 3.63) is 12.2 Å². The molecule has 2 saturated carbocycles. The number of ether oxygens (including phenoxy) is 1. The van der Waals surface area contributed by atoms with Gasteiger partial charge in [0.15, 0.2) is 5.60 Å². The molecule has 15 heavy (non-hydrogen) atoms. The number of hydrogen-bond acceptors (Lipinski definition) is 4. The molecule has 3 atom stereocenters. The first-order valence-corrected chi connectivity index (χ1v) is 5.07. The number of hydrogen-bond donors (Lipinski definition) is 1. The van der Waals surface area contributed by atoms with Crippen LogP contribution >= 0.6 is 0 Å². The zero-order chi connectivity index (χ0) is 11.2. The van der Waals surface area contributed by atoms with Crippen molar-refractivity contribution in [2.45, 2.75) is 37.9 Å². The van der Waals surface area contributed by atoms with Gasteiger partial charge in [0.1, 0.15) is 6.10 Å². The Hall–Kier alpha value is -1.16. The maximum absolute atomic E-state index is 11.7. The van der Waals surface area contributed by atoms with Gasteiger partial charge in [-0.1, -0.05) is 6.58 Å². The summed E-state index contributed by atoms with van der Waals surface area (Å²) in [5.41, 5.74) is -0.776. The van der Waals surface area contributed by atoms with E-state index in [0.29, 0.717) is 12.8 Å². The summed E-state index contributed by atoms with van der Waals surface area (Å²) in [6, 6.07) is 0. The second kappa shape index (κ2) is 3.17. The van der Waals surface area contributed by atoms with Gasteiger partial charge in [0.25, 0.3) is 0 Å². The van der Waals surface area contributed by atoms with Crippen molar-refractivity contribution in [2.24, 2.45) is 5.92 Å². The van der Waals surface area contributed by atoms with E-state index in [1.165, 1.54) is 0 Å². The van der Waals surface area contributed by atoms with E-state index in [4.69, 9.17) is 4.74 Å². The van der Waals surface area contributed by atoms with Crippen molar-refractivity contribution in [1.29, 1.82) is 0 Å². The summed E-state index contributed by atoms with van der Waals surface area (Å²) in [6.45, 7) is 5.01. The fourth-order valence-corrected chi connectivity index (χ4v) is 2.43. The van der Waals surface area contributed by atoms with Crippen molar-refractivity contribution in [2.75, 3.05) is 0 Å². The molecule has 2 bridgehead atoms. The first kappa shape index (κ1) is 10.4. The van der Waals surface area contributed by atoms with Crippen LogP contribution in [-0.2, 0) is 14.3 Å². The highest BCUT2D eigenvalue weighted by Gasteiger charge is 2.60. The Kier molecular flexibility index (Phi) is 2.19. The molecule has 3 unspecified atom stereocenters. The number of carbonyl (C=O) groups excluding carboxylic acids is 2. The first-order valence-electron chi connectivity index (χ1n) is 5.07. The van der Waals surface area contributed by atoms with Crippen LogP contribution in [0.3, 0.4) is 0 Å². The molecule has 0 saturated heterocycles. The molecule has 0 aliphatic heterocycles. The van der Waals surface area contributed by atoms with E-state index in [9.17, 15) is 14.7 Å². The molecule has 0 aromatic heterocycles. The number of fused-ring (bicyclic) bond motifs is 2. The van der Waals surface area contributed by atoms with Gasteiger partial charge in [-0.15, -0.1) is 0 Å². The molecule has 2 rings (SSSR count). The monoisotopic (exact) mass is 210 g/mol. The Morgan fingerprint density at radius 3 is 2.80 bits per heavy atom. The Morgan fingerprint density at radius 1 is 1.67 bits per heavy atom. The smallest absolute Gasteiger partial charge is 0.334 e. The van der Waals surface area contributed by atoms with Crippen LogP contribution in [0.4, 0.5) is 0 Å². The van der Waals surface area contributed by atoms with Crippen LogP contribution in [0.1, 0.15) is 26.2 Å². The lowest BCUT2D eigenvalue weighted by Crippen LogP contribution is -2.43. The third-order valence-corrected chi connectivity index (χ3v) is 3.31. The van der Waals surface area contributed by atoms with Crippen LogP contribution in [0, 0.1) is 5.92 Å². The number of esters is 1. The standard InChI is InChI=1S/C11H14O4/c1-6(2)10(14)15-11-4-3-7(5-11)8(12)9(11)13/h7-8,12H,1,3-5H2,2H3. The van der Waals surface area contributed by atoms with Crippen LogP contribution in [-0.4, -0.2) is 28.6 Å². The van der Waals surface area contributed by atoms with Crippen molar-refractivity contribution in [3.63, 3.8) is 0 Å². The first-order chi connectivity index (χ1) is 6.96. The van der Waals surface area contributed by atoms with E-state index in [1.807, 2.05) is 0 Å². The average molecular weight is 210 g/mol. The third-order valence-electron chi connectivity index (χ3n) is 3.31. The van der Waals surface area contributed by atoms with E-state index < -0.39 is 17.7 Å². The normalized spacial score (nSPS) is 38.1. The van der Waals surface area contributed by atoms with Gasteiger partial charge >= 0.3 is 5.97 Å². The predicted octanol–water partition coefficient (Wildman–Crippen LogP) is 0.588. The quantitative estimate of drug-likeness (QED) is 0.535. The average Bonchev–Trinajstić information content (AvgIpc) is 2.67. The minimum atomic E-state index is -1.06. The van der Waals surface area contributed by atoms with Crippen LogP contribution in [0.25, 0.3) is 0 Å². The van der Waals surface area contributed by atoms with Crippen molar-refractivity contribution >= 4 is 11.8 Å². The predicted molar refractivity (Wildman–Crippen MR) is 52.0 cm³/mol. The lowest BCUT2D eigenvalue weighted by Gasteiger charge is -2.26. The molecule has 0 aromatic rings. The van der Waals surface area contributed by atoms with Gasteiger partial charge in [-0.05, 0) is 25.7 Å². The highest BCUT2D eigenvalue weighted by Crippen LogP contribution is 2.47. The lowest BCUT2D eigenvalue weighted by atomic mass is 9.93. The maximum Gasteiger partial charge on any atom is 0.334 e. The second-order valence-corrected chi connectivity index (χ2v) is 4.48. The number of Topliss-reactive ketones (excluding diaryl/α,β-unsaturated/α-hetero) is 1. The molecular weight excluding hydrogens is 196 g/mol. The van der Waals surface area contributed by atoms with Gasteiger partial charge in [0, 0.05) is 12.0 Å². The molecular formula is C11H14O4. The molecule has 0 spiro atoms. The maximum atomic E-state index is 11.7. The van der Waals surface area contributed by atoms with Gasteiger partial charge in [0.2, 0.25) is 5.78 Å². The van der Waals surface area contributed by atoms with Crippen molar-refractivity contribution < 1.29 is 19.4 Å². The van der Waals surface area contributed by atoms with E-state index in [2.05, 4.69) is 6.58 Å². The zero-order valence-corrected chi connectivity index (χ0v) is 8.66.